The fourth-order valence-corrected chi connectivity index (χ4v) is 6.58. The number of ether oxygens (including phenoxy) is 1. The molecule has 0 radical (unpaired) electrons. The molecule has 2 aliphatic heterocycles. The summed E-state index contributed by atoms with van der Waals surface area (Å²) in [5.74, 6) is 1.52. The Balaban J connectivity index is 1.22. The lowest BCUT2D eigenvalue weighted by Crippen LogP contribution is -2.75. The van der Waals surface area contributed by atoms with E-state index in [1.54, 1.807) is 0 Å². The maximum atomic E-state index is 13.8. The summed E-state index contributed by atoms with van der Waals surface area (Å²) in [7, 11) is 0. The Kier molecular flexibility index (Phi) is 8.88. The lowest BCUT2D eigenvalue weighted by Gasteiger charge is -2.52. The summed E-state index contributed by atoms with van der Waals surface area (Å²) in [4.78, 5) is 31.7. The summed E-state index contributed by atoms with van der Waals surface area (Å²) in [6, 6.07) is 17.1. The van der Waals surface area contributed by atoms with Gasteiger partial charge in [-0.15, -0.1) is 0 Å². The van der Waals surface area contributed by atoms with Gasteiger partial charge in [-0.3, -0.25) is 14.5 Å². The van der Waals surface area contributed by atoms with Crippen LogP contribution in [0.25, 0.3) is 0 Å². The molecule has 0 unspecified atom stereocenters. The highest BCUT2D eigenvalue weighted by Crippen LogP contribution is 2.36. The first-order valence-corrected chi connectivity index (χ1v) is 14.8. The molecule has 0 bridgehead atoms. The lowest BCUT2D eigenvalue weighted by atomic mass is 9.78. The minimum atomic E-state index is -0.822. The van der Waals surface area contributed by atoms with E-state index in [9.17, 15) is 14.7 Å². The number of unbranched alkanes of at least 4 members (excludes halogenated alkanes) is 1. The van der Waals surface area contributed by atoms with E-state index in [2.05, 4.69) is 29.3 Å². The average molecular weight is 534 g/mol. The number of aliphatic hydroxyl groups excluding tert-OH is 1. The maximum absolute atomic E-state index is 13.8. The third kappa shape index (κ3) is 6.15. The Morgan fingerprint density at radius 2 is 1.64 bits per heavy atom. The Morgan fingerprint density at radius 3 is 2.31 bits per heavy atom. The summed E-state index contributed by atoms with van der Waals surface area (Å²) >= 11 is 0. The van der Waals surface area contributed by atoms with Gasteiger partial charge in [-0.05, 0) is 67.9 Å². The molecule has 2 aromatic rings. The van der Waals surface area contributed by atoms with Crippen LogP contribution in [0.5, 0.6) is 11.5 Å². The molecule has 2 aromatic carbocycles. The number of amides is 2. The van der Waals surface area contributed by atoms with Crippen molar-refractivity contribution in [2.45, 2.75) is 88.9 Å². The van der Waals surface area contributed by atoms with Crippen molar-refractivity contribution >= 4 is 11.8 Å². The number of piperazine rings is 1. The van der Waals surface area contributed by atoms with Gasteiger partial charge in [-0.2, -0.15) is 0 Å². The van der Waals surface area contributed by atoms with Crippen LogP contribution in [0.4, 0.5) is 0 Å². The van der Waals surface area contributed by atoms with Crippen LogP contribution in [0.2, 0.25) is 0 Å². The van der Waals surface area contributed by atoms with Crippen LogP contribution < -0.4 is 10.1 Å². The first-order chi connectivity index (χ1) is 19.0. The number of nitrogens with zero attached hydrogens (tertiary/aromatic N) is 2. The van der Waals surface area contributed by atoms with E-state index in [1.165, 1.54) is 12.0 Å². The molecule has 2 amide bonds. The number of piperidine rings is 1. The van der Waals surface area contributed by atoms with Crippen molar-refractivity contribution in [1.29, 1.82) is 0 Å². The van der Waals surface area contributed by atoms with Crippen molar-refractivity contribution in [2.75, 3.05) is 19.6 Å². The van der Waals surface area contributed by atoms with Gasteiger partial charge < -0.3 is 20.1 Å². The number of carbonyl (C=O) groups is 2. The number of nitrogens with one attached hydrogen (secondary N) is 1. The summed E-state index contributed by atoms with van der Waals surface area (Å²) in [6.07, 6.45) is 7.41. The molecule has 1 spiro atoms. The van der Waals surface area contributed by atoms with E-state index < -0.39 is 17.7 Å². The average Bonchev–Trinajstić information content (AvgIpc) is 2.98. The molecule has 2 heterocycles. The smallest absolute Gasteiger partial charge is 0.248 e. The van der Waals surface area contributed by atoms with Crippen molar-refractivity contribution in [1.82, 2.24) is 15.1 Å². The number of hydrogen-bond donors (Lipinski definition) is 2. The van der Waals surface area contributed by atoms with Gasteiger partial charge >= 0.3 is 0 Å². The fourth-order valence-electron chi connectivity index (χ4n) is 6.58. The Morgan fingerprint density at radius 1 is 0.974 bits per heavy atom. The number of aliphatic hydroxyl groups is 1. The van der Waals surface area contributed by atoms with Crippen molar-refractivity contribution < 1.29 is 19.4 Å². The largest absolute Gasteiger partial charge is 0.457 e. The predicted molar refractivity (Wildman–Crippen MR) is 151 cm³/mol. The van der Waals surface area contributed by atoms with Crippen molar-refractivity contribution in [3.8, 4) is 11.5 Å². The van der Waals surface area contributed by atoms with Gasteiger partial charge in [-0.1, -0.05) is 62.9 Å². The van der Waals surface area contributed by atoms with Crippen LogP contribution in [0.3, 0.4) is 0 Å². The molecule has 7 nitrogen and oxygen atoms in total. The quantitative estimate of drug-likeness (QED) is 0.480. The number of hydrogen-bond acceptors (Lipinski definition) is 5. The van der Waals surface area contributed by atoms with Crippen LogP contribution in [0, 0.1) is 5.92 Å². The maximum Gasteiger partial charge on any atom is 0.248 e. The molecule has 3 fully saturated rings. The second-order valence-electron chi connectivity index (χ2n) is 11.6. The van der Waals surface area contributed by atoms with Crippen LogP contribution in [-0.2, 0) is 16.1 Å². The second-order valence-corrected chi connectivity index (χ2v) is 11.6. The zero-order valence-corrected chi connectivity index (χ0v) is 23.2. The van der Waals surface area contributed by atoms with E-state index in [4.69, 9.17) is 4.74 Å². The molecule has 2 N–H and O–H groups in total. The summed E-state index contributed by atoms with van der Waals surface area (Å²) in [5.41, 5.74) is 0.368. The summed E-state index contributed by atoms with van der Waals surface area (Å²) < 4.78 is 5.92. The molecular weight excluding hydrogens is 490 g/mol. The molecule has 0 aromatic heterocycles. The minimum Gasteiger partial charge on any atom is -0.457 e. The molecule has 3 aliphatic rings. The first-order valence-electron chi connectivity index (χ1n) is 14.8. The molecule has 1 saturated carbocycles. The van der Waals surface area contributed by atoms with Gasteiger partial charge in [0.15, 0.2) is 0 Å². The third-order valence-electron chi connectivity index (χ3n) is 8.96. The molecule has 7 heteroatoms. The Labute approximate surface area is 232 Å². The van der Waals surface area contributed by atoms with Crippen LogP contribution in [-0.4, -0.2) is 64.0 Å². The van der Waals surface area contributed by atoms with Crippen LogP contribution in [0.1, 0.15) is 70.3 Å². The molecule has 2 atom stereocenters. The van der Waals surface area contributed by atoms with Crippen LogP contribution >= 0.6 is 0 Å². The number of benzene rings is 2. The van der Waals surface area contributed by atoms with Gasteiger partial charge in [0.2, 0.25) is 11.8 Å². The van der Waals surface area contributed by atoms with Gasteiger partial charge in [0.25, 0.3) is 0 Å². The zero-order valence-electron chi connectivity index (χ0n) is 23.2. The fraction of sp³-hybridized carbons (Fsp3) is 0.562. The minimum absolute atomic E-state index is 0.0832. The van der Waals surface area contributed by atoms with Gasteiger partial charge in [0.1, 0.15) is 23.1 Å². The molecular formula is C32H43N3O4. The molecule has 210 valence electrons. The number of para-hydroxylation sites is 1. The van der Waals surface area contributed by atoms with E-state index >= 15 is 0 Å². The highest BCUT2D eigenvalue weighted by Gasteiger charge is 2.55. The third-order valence-corrected chi connectivity index (χ3v) is 8.96. The highest BCUT2D eigenvalue weighted by atomic mass is 16.5. The number of likely N-dealkylation sites (tertiary alicyclic amines) is 1. The lowest BCUT2D eigenvalue weighted by molar-refractivity contribution is -0.166. The number of carbonyl (C=O) groups excluding carboxylic acids is 2. The Hall–Kier alpha value is -2.90. The van der Waals surface area contributed by atoms with Crippen molar-refractivity contribution in [2.24, 2.45) is 5.92 Å². The SMILES string of the molecule is CCCCN1C(=O)[C@H]([C@H](O)C2CCCCC2)NC(=O)C12CCN(Cc1ccc(Oc3ccccc3)cc1)CC2. The first kappa shape index (κ1) is 27.7. The van der Waals surface area contributed by atoms with Crippen molar-refractivity contribution in [3.63, 3.8) is 0 Å². The molecule has 1 aliphatic carbocycles. The van der Waals surface area contributed by atoms with E-state index in [0.717, 1.165) is 69.7 Å². The monoisotopic (exact) mass is 533 g/mol. The van der Waals surface area contributed by atoms with E-state index in [1.807, 2.05) is 47.4 Å². The van der Waals surface area contributed by atoms with Gasteiger partial charge in [0.05, 0.1) is 6.10 Å². The second kappa shape index (κ2) is 12.5. The van der Waals surface area contributed by atoms with Gasteiger partial charge in [0, 0.05) is 26.2 Å². The predicted octanol–water partition coefficient (Wildman–Crippen LogP) is 4.88. The van der Waals surface area contributed by atoms with Crippen molar-refractivity contribution in [3.05, 3.63) is 60.2 Å². The van der Waals surface area contributed by atoms with E-state index in [-0.39, 0.29) is 17.7 Å². The Bertz CT molecular complexity index is 1090. The highest BCUT2D eigenvalue weighted by molar-refractivity contribution is 6.00. The van der Waals surface area contributed by atoms with E-state index in [0.29, 0.717) is 19.4 Å². The molecule has 5 rings (SSSR count). The summed E-state index contributed by atoms with van der Waals surface area (Å²) in [6.45, 7) is 4.94. The van der Waals surface area contributed by atoms with Gasteiger partial charge in [-0.25, -0.2) is 0 Å². The standard InChI is InChI=1S/C32H43N3O4/c1-2-3-20-35-30(37)28(29(36)25-10-6-4-7-11-25)33-31(38)32(35)18-21-34(22-19-32)23-24-14-16-27(17-15-24)39-26-12-8-5-9-13-26/h5,8-9,12-17,25,28-29,36H,2-4,6-7,10-11,18-23H2,1H3,(H,33,38)/t28-,29+/m0/s1. The molecule has 2 saturated heterocycles. The zero-order chi connectivity index (χ0) is 27.2. The molecule has 39 heavy (non-hydrogen) atoms. The van der Waals surface area contributed by atoms with Crippen LogP contribution in [0.15, 0.2) is 54.6 Å². The topological polar surface area (TPSA) is 82.1 Å². The normalized spacial score (nSPS) is 23.0. The summed E-state index contributed by atoms with van der Waals surface area (Å²) in [5, 5.41) is 14.2. The number of rotatable bonds is 9.